The van der Waals surface area contributed by atoms with E-state index in [0.29, 0.717) is 6.42 Å². The van der Waals surface area contributed by atoms with Gasteiger partial charge in [-0.2, -0.15) is 13.2 Å². The number of alkyl halides is 5. The fraction of sp³-hybridized carbons (Fsp3) is 0.654. The van der Waals surface area contributed by atoms with Crippen LogP contribution in [0.1, 0.15) is 78.0 Å². The van der Waals surface area contributed by atoms with Crippen molar-refractivity contribution in [2.45, 2.75) is 85.0 Å². The molecular formula is C26H36F5NO2. The van der Waals surface area contributed by atoms with Crippen molar-refractivity contribution in [3.8, 4) is 0 Å². The summed E-state index contributed by atoms with van der Waals surface area (Å²) in [4.78, 5) is 13.4. The first-order valence-corrected chi connectivity index (χ1v) is 11.5. The zero-order chi connectivity index (χ0) is 26.1. The van der Waals surface area contributed by atoms with Gasteiger partial charge in [-0.3, -0.25) is 9.69 Å². The highest BCUT2D eigenvalue weighted by Crippen LogP contribution is 2.49. The monoisotopic (exact) mass is 489 g/mol. The van der Waals surface area contributed by atoms with Crippen molar-refractivity contribution in [3.63, 3.8) is 0 Å². The van der Waals surface area contributed by atoms with Crippen LogP contribution in [-0.4, -0.2) is 34.5 Å². The van der Waals surface area contributed by atoms with Gasteiger partial charge in [0.2, 0.25) is 0 Å². The molecule has 0 unspecified atom stereocenters. The molecule has 0 aliphatic carbocycles. The molecule has 3 nitrogen and oxygen atoms in total. The minimum absolute atomic E-state index is 0.00401. The van der Waals surface area contributed by atoms with Gasteiger partial charge >= 0.3 is 12.1 Å². The Hall–Kier alpha value is -1.96. The van der Waals surface area contributed by atoms with Gasteiger partial charge in [-0.1, -0.05) is 65.8 Å². The maximum atomic E-state index is 15.1. The molecule has 0 bridgehead atoms. The topological polar surface area (TPSA) is 40.5 Å². The normalized spacial score (nSPS) is 23.3. The van der Waals surface area contributed by atoms with Crippen molar-refractivity contribution >= 4 is 5.97 Å². The van der Waals surface area contributed by atoms with Crippen LogP contribution in [0.15, 0.2) is 36.4 Å². The van der Waals surface area contributed by atoms with Crippen LogP contribution in [0.5, 0.6) is 0 Å². The number of carboxylic acids is 1. The summed E-state index contributed by atoms with van der Waals surface area (Å²) >= 11 is 0. The summed E-state index contributed by atoms with van der Waals surface area (Å²) in [6, 6.07) is 2.83. The Labute approximate surface area is 199 Å². The van der Waals surface area contributed by atoms with Crippen molar-refractivity contribution in [2.75, 3.05) is 6.54 Å². The molecule has 1 aromatic carbocycles. The number of carbonyl (C=O) groups is 1. The number of hydrogen-bond donors (Lipinski definition) is 1. The molecule has 1 saturated heterocycles. The molecule has 34 heavy (non-hydrogen) atoms. The van der Waals surface area contributed by atoms with Crippen LogP contribution in [0.2, 0.25) is 0 Å². The number of aliphatic carboxylic acids is 1. The molecule has 0 saturated carbocycles. The molecule has 0 amide bonds. The van der Waals surface area contributed by atoms with Crippen LogP contribution in [0.25, 0.3) is 0 Å². The summed E-state index contributed by atoms with van der Waals surface area (Å²) in [7, 11) is 0. The first-order valence-electron chi connectivity index (χ1n) is 11.5. The number of halogens is 5. The van der Waals surface area contributed by atoms with E-state index in [2.05, 4.69) is 0 Å². The number of rotatable bonds is 6. The van der Waals surface area contributed by atoms with Gasteiger partial charge in [-0.15, -0.1) is 0 Å². The first kappa shape index (κ1) is 28.3. The van der Waals surface area contributed by atoms with E-state index in [1.54, 1.807) is 0 Å². The highest BCUT2D eigenvalue weighted by atomic mass is 19.4. The number of benzene rings is 1. The van der Waals surface area contributed by atoms with Crippen LogP contribution in [0.4, 0.5) is 22.0 Å². The number of hydrogen-bond acceptors (Lipinski definition) is 2. The van der Waals surface area contributed by atoms with Crippen molar-refractivity contribution in [1.82, 2.24) is 4.90 Å². The Morgan fingerprint density at radius 1 is 1.12 bits per heavy atom. The molecule has 0 radical (unpaired) electrons. The van der Waals surface area contributed by atoms with E-state index in [0.717, 1.165) is 12.1 Å². The number of likely N-dealkylation sites (tertiary alicyclic amines) is 1. The fourth-order valence-electron chi connectivity index (χ4n) is 4.50. The second-order valence-corrected chi connectivity index (χ2v) is 11.6. The van der Waals surface area contributed by atoms with E-state index in [4.69, 9.17) is 0 Å². The Morgan fingerprint density at radius 2 is 1.68 bits per heavy atom. The predicted octanol–water partition coefficient (Wildman–Crippen LogP) is 7.59. The maximum absolute atomic E-state index is 15.1. The SMILES string of the molecule is CC(C)(C)/C=C\[C@H](CC(C)(C)C)N1CCC(F)(F)[C@H](CC(=O)O)[C@H]1c1ccc(C(F)(F)F)cc1. The number of piperidine rings is 1. The minimum Gasteiger partial charge on any atom is -0.481 e. The van der Waals surface area contributed by atoms with Crippen LogP contribution in [-0.2, 0) is 11.0 Å². The second-order valence-electron chi connectivity index (χ2n) is 11.6. The van der Waals surface area contributed by atoms with Crippen LogP contribution in [0.3, 0.4) is 0 Å². The average molecular weight is 490 g/mol. The third-order valence-electron chi connectivity index (χ3n) is 6.02. The van der Waals surface area contributed by atoms with Gasteiger partial charge in [0.1, 0.15) is 0 Å². The zero-order valence-corrected chi connectivity index (χ0v) is 20.7. The van der Waals surface area contributed by atoms with Crippen molar-refractivity contribution < 1.29 is 31.9 Å². The summed E-state index contributed by atoms with van der Waals surface area (Å²) < 4.78 is 69.5. The average Bonchev–Trinajstić information content (AvgIpc) is 2.64. The third kappa shape index (κ3) is 7.79. The van der Waals surface area contributed by atoms with Crippen molar-refractivity contribution in [1.29, 1.82) is 0 Å². The maximum Gasteiger partial charge on any atom is 0.416 e. The largest absolute Gasteiger partial charge is 0.481 e. The standard InChI is InChI=1S/C26H36F5NO2/c1-23(2,3)12-11-19(16-24(4,5)6)32-14-13-25(27,28)20(15-21(33)34)22(32)17-7-9-18(10-8-17)26(29,30)31/h7-12,19-20,22H,13-16H2,1-6H3,(H,33,34)/b12-11-/t19-,20-,22-/m1/s1. The Balaban J connectivity index is 2.63. The number of nitrogens with zero attached hydrogens (tertiary/aromatic N) is 1. The van der Waals surface area contributed by atoms with Crippen LogP contribution < -0.4 is 0 Å². The molecule has 0 aromatic heterocycles. The lowest BCUT2D eigenvalue weighted by Crippen LogP contribution is -2.53. The molecule has 1 fully saturated rings. The predicted molar refractivity (Wildman–Crippen MR) is 123 cm³/mol. The lowest BCUT2D eigenvalue weighted by molar-refractivity contribution is -0.161. The Kier molecular flexibility index (Phi) is 8.28. The van der Waals surface area contributed by atoms with E-state index < -0.39 is 48.4 Å². The third-order valence-corrected chi connectivity index (χ3v) is 6.02. The molecule has 1 aliphatic rings. The molecule has 2 rings (SSSR count). The molecule has 1 aliphatic heterocycles. The van der Waals surface area contributed by atoms with Crippen molar-refractivity contribution in [3.05, 3.63) is 47.5 Å². The summed E-state index contributed by atoms with van der Waals surface area (Å²) in [5, 5.41) is 9.42. The van der Waals surface area contributed by atoms with E-state index in [-0.39, 0.29) is 29.0 Å². The van der Waals surface area contributed by atoms with E-state index in [1.165, 1.54) is 12.1 Å². The number of carboxylic acid groups (broad SMARTS) is 1. The molecule has 1 N–H and O–H groups in total. The first-order chi connectivity index (χ1) is 15.3. The Morgan fingerprint density at radius 3 is 2.12 bits per heavy atom. The van der Waals surface area contributed by atoms with Gasteiger partial charge in [0, 0.05) is 25.0 Å². The summed E-state index contributed by atoms with van der Waals surface area (Å²) in [5.74, 6) is -6.19. The molecule has 8 heteroatoms. The lowest BCUT2D eigenvalue weighted by Gasteiger charge is -2.49. The van der Waals surface area contributed by atoms with E-state index in [1.807, 2.05) is 58.6 Å². The van der Waals surface area contributed by atoms with Crippen LogP contribution >= 0.6 is 0 Å². The van der Waals surface area contributed by atoms with Gasteiger partial charge in [0.25, 0.3) is 5.92 Å². The van der Waals surface area contributed by atoms with Gasteiger partial charge in [-0.05, 0) is 34.9 Å². The van der Waals surface area contributed by atoms with Crippen molar-refractivity contribution in [2.24, 2.45) is 16.7 Å². The molecule has 3 atom stereocenters. The van der Waals surface area contributed by atoms with Gasteiger partial charge in [0.05, 0.1) is 17.9 Å². The number of allylic oxidation sites excluding steroid dienone is 1. The smallest absolute Gasteiger partial charge is 0.416 e. The molecule has 192 valence electrons. The highest BCUT2D eigenvalue weighted by Gasteiger charge is 2.52. The molecule has 1 aromatic rings. The summed E-state index contributed by atoms with van der Waals surface area (Å²) in [5.41, 5.74) is -0.944. The molecule has 1 heterocycles. The van der Waals surface area contributed by atoms with Gasteiger partial charge in [-0.25, -0.2) is 8.78 Å². The van der Waals surface area contributed by atoms with Crippen LogP contribution in [0, 0.1) is 16.7 Å². The second kappa shape index (κ2) is 9.96. The quantitative estimate of drug-likeness (QED) is 0.331. The van der Waals surface area contributed by atoms with Gasteiger partial charge < -0.3 is 5.11 Å². The van der Waals surface area contributed by atoms with E-state index in [9.17, 15) is 23.1 Å². The summed E-state index contributed by atoms with van der Waals surface area (Å²) in [6.07, 6.45) is -1.25. The lowest BCUT2D eigenvalue weighted by atomic mass is 9.77. The zero-order valence-electron chi connectivity index (χ0n) is 20.7. The molecule has 0 spiro atoms. The highest BCUT2D eigenvalue weighted by molar-refractivity contribution is 5.67. The Bertz CT molecular complexity index is 863. The van der Waals surface area contributed by atoms with Gasteiger partial charge in [0.15, 0.2) is 0 Å². The summed E-state index contributed by atoms with van der Waals surface area (Å²) in [6.45, 7) is 12.2. The minimum atomic E-state index is -4.56. The molecular weight excluding hydrogens is 453 g/mol. The fourth-order valence-corrected chi connectivity index (χ4v) is 4.50. The van der Waals surface area contributed by atoms with E-state index >= 15 is 8.78 Å².